The maximum atomic E-state index is 8.11. The lowest BCUT2D eigenvalue weighted by Crippen LogP contribution is -1.25. The summed E-state index contributed by atoms with van der Waals surface area (Å²) in [6.45, 7) is 0. The molecule has 0 aliphatic carbocycles. The number of nitrogens with zero attached hydrogens (tertiary/aromatic N) is 1. The summed E-state index contributed by atoms with van der Waals surface area (Å²) in [4.78, 5) is 8.11. The molecular weight excluding hydrogens is 60.0 g/mol. The molecule has 0 aliphatic rings. The molecule has 26 valence electrons. The third-order valence-electron chi connectivity index (χ3n) is 0. The van der Waals surface area contributed by atoms with Crippen LogP contribution in [-0.2, 0) is 0 Å². The summed E-state index contributed by atoms with van der Waals surface area (Å²) < 4.78 is 5.25. The van der Waals surface area contributed by atoms with Crippen molar-refractivity contribution in [3.63, 3.8) is 0 Å². The van der Waals surface area contributed by atoms with Gasteiger partial charge in [0.25, 0.3) is 0 Å². The van der Waals surface area contributed by atoms with Gasteiger partial charge in [-0.15, -0.1) is 4.91 Å². The van der Waals surface area contributed by atoms with Crippen LogP contribution < -0.4 is 6.14 Å². The summed E-state index contributed by atoms with van der Waals surface area (Å²) in [5.74, 6) is 0. The Bertz CT molecular complexity index is 15.1. The van der Waals surface area contributed by atoms with Crippen LogP contribution in [0.15, 0.2) is 5.34 Å². The van der Waals surface area contributed by atoms with Crippen LogP contribution >= 0.6 is 0 Å². The van der Waals surface area contributed by atoms with Gasteiger partial charge >= 0.3 is 0 Å². The third kappa shape index (κ3) is 0.430. The maximum Gasteiger partial charge on any atom is 0.152 e. The highest BCUT2D eigenvalue weighted by Crippen LogP contribution is 1.25. The van der Waals surface area contributed by atoms with Crippen molar-refractivity contribution in [3.8, 4) is 0 Å². The lowest BCUT2D eigenvalue weighted by atomic mass is 13.4. The van der Waals surface area contributed by atoms with Crippen molar-refractivity contribution >= 4 is 0 Å². The molecule has 0 aromatic rings. The Labute approximate surface area is 24.4 Å². The molecule has 0 unspecified atom stereocenters. The fraction of sp³-hybridized carbons (Fsp3) is 0. The predicted molar refractivity (Wildman–Crippen MR) is 12.6 cm³/mol. The van der Waals surface area contributed by atoms with Gasteiger partial charge in [-0.05, 0) is 0 Å². The van der Waals surface area contributed by atoms with Gasteiger partial charge in [0.2, 0.25) is 0 Å². The van der Waals surface area contributed by atoms with E-state index >= 15 is 0 Å². The Hall–Kier alpha value is -0.640. The molecule has 0 fully saturated rings. The predicted octanol–water partition coefficient (Wildman–Crippen LogP) is 0.304. The van der Waals surface area contributed by atoms with E-state index in [1.165, 1.54) is 5.34 Å². The molecule has 0 amide bonds. The highest BCUT2D eigenvalue weighted by molar-refractivity contribution is 3.83. The zero-order valence-corrected chi connectivity index (χ0v) is 1.88. The minimum Gasteiger partial charge on any atom is -0.379 e. The minimum absolute atomic E-state index is 1.25. The second kappa shape index (κ2) is 33.7. The molecule has 4 heavy (non-hydrogen) atoms. The average Bonchev–Trinajstić information content (AvgIpc) is 1.46. The Morgan fingerprint density at radius 1 is 2.25 bits per heavy atom. The van der Waals surface area contributed by atoms with E-state index in [1.54, 1.807) is 0 Å². The Morgan fingerprint density at radius 3 is 2.25 bits per heavy atom. The molecule has 0 radical (unpaired) electrons. The highest BCUT2D eigenvalue weighted by atomic mass is 16.6. The van der Waals surface area contributed by atoms with Crippen molar-refractivity contribution in [1.29, 1.82) is 0 Å². The zero-order chi connectivity index (χ0) is 4.71. The van der Waals surface area contributed by atoms with E-state index in [-0.39, 0.29) is 0 Å². The van der Waals surface area contributed by atoms with Gasteiger partial charge in [-0.2, -0.15) is 0 Å². The van der Waals surface area contributed by atoms with E-state index < -0.39 is 0 Å². The number of hydrogen-bond acceptors (Lipinski definition) is 3. The van der Waals surface area contributed by atoms with Gasteiger partial charge in [-0.3, -0.25) is 0 Å². The van der Waals surface area contributed by atoms with Crippen LogP contribution in [0.1, 0.15) is 0 Å². The van der Waals surface area contributed by atoms with Crippen molar-refractivity contribution in [1.82, 2.24) is 6.14 Å². The lowest BCUT2D eigenvalue weighted by molar-refractivity contribution is 0.312. The Balaban J connectivity index is 0. The number of hydrogen-bond donors (Lipinski definition) is 2. The first-order valence-electron chi connectivity index (χ1n) is 0.960. The SMILES string of the molecule is O=NO.[2H]N. The quantitative estimate of drug-likeness (QED) is 0.314. The summed E-state index contributed by atoms with van der Waals surface area (Å²) >= 11 is 0. The van der Waals surface area contributed by atoms with Gasteiger partial charge in [0.15, 0.2) is 5.34 Å². The highest BCUT2D eigenvalue weighted by Gasteiger charge is 1.18. The van der Waals surface area contributed by atoms with Crippen LogP contribution in [0, 0.1) is 4.91 Å². The second-order valence-electron chi connectivity index (χ2n) is 0.0816. The van der Waals surface area contributed by atoms with E-state index in [0.29, 0.717) is 0 Å². The first-order chi connectivity index (χ1) is 2.41. The van der Waals surface area contributed by atoms with Gasteiger partial charge < -0.3 is 11.4 Å². The molecule has 0 aromatic heterocycles. The van der Waals surface area contributed by atoms with E-state index in [1.807, 2.05) is 0 Å². The molecular formula is H4N2O2. The molecule has 0 rings (SSSR count). The first kappa shape index (κ1) is 3.36. The van der Waals surface area contributed by atoms with Crippen LogP contribution in [0.5, 0.6) is 0 Å². The fourth-order valence-electron chi connectivity index (χ4n) is 0. The average molecular weight is 65.1 g/mol. The van der Waals surface area contributed by atoms with Gasteiger partial charge in [-0.25, -0.2) is 0 Å². The van der Waals surface area contributed by atoms with Crippen LogP contribution in [0.25, 0.3) is 0 Å². The van der Waals surface area contributed by atoms with E-state index in [4.69, 9.17) is 11.5 Å². The standard InChI is InChI=1S/HNO2.H3N/c2-1-3;/h(H,2,3);1H3/i/hD. The normalized spacial score (nSPS) is 4.75. The largest absolute Gasteiger partial charge is 0.379 e. The molecule has 0 saturated carbocycles. The Kier molecular flexibility index (Phi) is 28.3. The van der Waals surface area contributed by atoms with Crippen molar-refractivity contribution in [2.24, 2.45) is 5.34 Å². The summed E-state index contributed by atoms with van der Waals surface area (Å²) in [7, 11) is 0. The van der Waals surface area contributed by atoms with E-state index in [0.717, 1.165) is 0 Å². The molecule has 0 spiro atoms. The summed E-state index contributed by atoms with van der Waals surface area (Å²) in [5.41, 5.74) is 0. The third-order valence-corrected chi connectivity index (χ3v) is 0. The van der Waals surface area contributed by atoms with Crippen molar-refractivity contribution in [2.75, 3.05) is 0 Å². The molecule has 4 N–H and O–H groups in total. The summed E-state index contributed by atoms with van der Waals surface area (Å²) in [5, 5.41) is 7.89. The molecule has 0 aliphatic heterocycles. The van der Waals surface area contributed by atoms with Crippen molar-refractivity contribution in [2.45, 2.75) is 0 Å². The Morgan fingerprint density at radius 2 is 2.25 bits per heavy atom. The van der Waals surface area contributed by atoms with Crippen molar-refractivity contribution in [3.05, 3.63) is 4.91 Å². The van der Waals surface area contributed by atoms with Gasteiger partial charge in [0.1, 0.15) is 1.41 Å². The smallest absolute Gasteiger partial charge is 0.152 e. The molecule has 0 saturated heterocycles. The van der Waals surface area contributed by atoms with Crippen LogP contribution in [0.3, 0.4) is 0 Å². The molecule has 0 bridgehead atoms. The number of rotatable bonds is 0. The lowest BCUT2D eigenvalue weighted by Gasteiger charge is -1.32. The molecule has 0 heterocycles. The molecule has 4 heteroatoms. The monoisotopic (exact) mass is 65.0 g/mol. The van der Waals surface area contributed by atoms with Gasteiger partial charge in [0.05, 0.1) is 0 Å². The van der Waals surface area contributed by atoms with Crippen molar-refractivity contribution < 1.29 is 6.62 Å². The van der Waals surface area contributed by atoms with E-state index in [2.05, 4.69) is 6.14 Å². The zero-order valence-electron chi connectivity index (χ0n) is 2.88. The molecule has 4 nitrogen and oxygen atoms in total. The molecule has 0 aromatic carbocycles. The first-order valence-corrected chi connectivity index (χ1v) is 0.383. The summed E-state index contributed by atoms with van der Waals surface area (Å²) in [6.07, 6.45) is 3.75. The molecule has 0 atom stereocenters. The van der Waals surface area contributed by atoms with Gasteiger partial charge in [-0.1, -0.05) is 0 Å². The minimum atomic E-state index is 1.25. The van der Waals surface area contributed by atoms with Crippen LogP contribution in [0.4, 0.5) is 0 Å². The topological polar surface area (TPSA) is 84.7 Å². The van der Waals surface area contributed by atoms with Crippen LogP contribution in [0.2, 0.25) is 1.41 Å². The van der Waals surface area contributed by atoms with Gasteiger partial charge in [0, 0.05) is 0 Å². The van der Waals surface area contributed by atoms with E-state index in [9.17, 15) is 0 Å². The van der Waals surface area contributed by atoms with Crippen LogP contribution in [-0.4, -0.2) is 5.21 Å². The fourth-order valence-corrected chi connectivity index (χ4v) is 0. The summed E-state index contributed by atoms with van der Waals surface area (Å²) in [6, 6.07) is 0. The maximum absolute atomic E-state index is 8.11. The second-order valence-corrected chi connectivity index (χ2v) is 0.0816.